The Morgan fingerprint density at radius 1 is 1.23 bits per heavy atom. The molecule has 0 radical (unpaired) electrons. The van der Waals surface area contributed by atoms with Crippen LogP contribution in [0, 0.1) is 30.1 Å². The fourth-order valence-corrected chi connectivity index (χ4v) is 3.25. The van der Waals surface area contributed by atoms with Gasteiger partial charge in [-0.2, -0.15) is 0 Å². The zero-order valence-electron chi connectivity index (χ0n) is 19.8. The lowest BCUT2D eigenvalue weighted by Gasteiger charge is -2.10. The summed E-state index contributed by atoms with van der Waals surface area (Å²) >= 11 is 1.05. The molecule has 0 bridgehead atoms. The van der Waals surface area contributed by atoms with Crippen LogP contribution in [0.2, 0.25) is 0 Å². The van der Waals surface area contributed by atoms with Crippen molar-refractivity contribution in [2.75, 3.05) is 5.32 Å². The second kappa shape index (κ2) is 18.3. The van der Waals surface area contributed by atoms with Crippen molar-refractivity contribution in [3.63, 3.8) is 0 Å². The van der Waals surface area contributed by atoms with Crippen LogP contribution < -0.4 is 5.32 Å². The van der Waals surface area contributed by atoms with Gasteiger partial charge in [-0.25, -0.2) is 4.79 Å². The Labute approximate surface area is 193 Å². The summed E-state index contributed by atoms with van der Waals surface area (Å²) in [5.74, 6) is 4.85. The Kier molecular flexibility index (Phi) is 18.1. The molecular weight excluding hydrogens is 406 g/mol. The molecular formula is C26H39NO3S. The Bertz CT molecular complexity index is 732. The van der Waals surface area contributed by atoms with Crippen molar-refractivity contribution < 1.29 is 14.7 Å². The number of allylic oxidation sites excluding steroid dienone is 1. The molecule has 1 aromatic heterocycles. The Morgan fingerprint density at radius 3 is 2.10 bits per heavy atom. The first-order chi connectivity index (χ1) is 14.6. The predicted octanol–water partition coefficient (Wildman–Crippen LogP) is 7.36. The number of carboxylic acid groups (broad SMARTS) is 1. The van der Waals surface area contributed by atoms with Crippen LogP contribution in [-0.2, 0) is 4.79 Å². The molecule has 1 amide bonds. The number of carbonyl (C=O) groups excluding carboxylic acids is 1. The van der Waals surface area contributed by atoms with Crippen LogP contribution in [-0.4, -0.2) is 17.5 Å². The highest BCUT2D eigenvalue weighted by atomic mass is 32.1. The van der Waals surface area contributed by atoms with Gasteiger partial charge in [-0.1, -0.05) is 63.5 Å². The largest absolute Gasteiger partial charge is 0.477 e. The monoisotopic (exact) mass is 445 g/mol. The van der Waals surface area contributed by atoms with Gasteiger partial charge in [0.25, 0.3) is 0 Å². The molecule has 1 fully saturated rings. The van der Waals surface area contributed by atoms with Gasteiger partial charge in [0.15, 0.2) is 0 Å². The maximum Gasteiger partial charge on any atom is 0.348 e. The number of unbranched alkanes of at least 4 members (excludes halogenated alkanes) is 2. The van der Waals surface area contributed by atoms with E-state index in [-0.39, 0.29) is 16.0 Å². The van der Waals surface area contributed by atoms with Crippen LogP contribution in [0.3, 0.4) is 0 Å². The van der Waals surface area contributed by atoms with Crippen molar-refractivity contribution in [3.8, 4) is 24.7 Å². The SMILES string of the molecule is C#C.C=C1CCCCC1.CC(C)(C)C#Cc1cc(NC=O)c(C(=O)O)s1.CCCCC. The zero-order valence-corrected chi connectivity index (χ0v) is 20.7. The fraction of sp³-hybridized carbons (Fsp3) is 0.538. The zero-order chi connectivity index (χ0) is 24.3. The minimum atomic E-state index is -1.07. The first kappa shape index (κ1) is 30.7. The summed E-state index contributed by atoms with van der Waals surface area (Å²) < 4.78 is 0. The maximum absolute atomic E-state index is 10.9. The van der Waals surface area contributed by atoms with E-state index in [0.717, 1.165) is 11.3 Å². The minimum Gasteiger partial charge on any atom is -0.477 e. The summed E-state index contributed by atoms with van der Waals surface area (Å²) in [6.07, 6.45) is 19.3. The van der Waals surface area contributed by atoms with Crippen LogP contribution in [0.5, 0.6) is 0 Å². The van der Waals surface area contributed by atoms with Crippen molar-refractivity contribution in [1.82, 2.24) is 0 Å². The van der Waals surface area contributed by atoms with Gasteiger partial charge in [0.1, 0.15) is 4.88 Å². The van der Waals surface area contributed by atoms with Crippen LogP contribution in [0.15, 0.2) is 18.2 Å². The number of thiophene rings is 1. The van der Waals surface area contributed by atoms with Crippen molar-refractivity contribution >= 4 is 29.4 Å². The molecule has 0 atom stereocenters. The molecule has 0 aliphatic heterocycles. The van der Waals surface area contributed by atoms with Crippen molar-refractivity contribution in [3.05, 3.63) is 28.0 Å². The molecule has 1 aromatic rings. The highest BCUT2D eigenvalue weighted by Crippen LogP contribution is 2.26. The van der Waals surface area contributed by atoms with Gasteiger partial charge in [0.2, 0.25) is 6.41 Å². The van der Waals surface area contributed by atoms with Crippen LogP contribution in [0.1, 0.15) is 101 Å². The van der Waals surface area contributed by atoms with Crippen LogP contribution in [0.25, 0.3) is 0 Å². The molecule has 0 unspecified atom stereocenters. The molecule has 1 saturated carbocycles. The first-order valence-electron chi connectivity index (χ1n) is 10.7. The van der Waals surface area contributed by atoms with Gasteiger partial charge >= 0.3 is 5.97 Å². The quantitative estimate of drug-likeness (QED) is 0.282. The highest BCUT2D eigenvalue weighted by molar-refractivity contribution is 7.15. The molecule has 172 valence electrons. The lowest BCUT2D eigenvalue weighted by atomic mass is 9.97. The van der Waals surface area contributed by atoms with E-state index in [4.69, 9.17) is 5.11 Å². The van der Waals surface area contributed by atoms with E-state index >= 15 is 0 Å². The standard InChI is InChI=1S/C12H13NO3S.C7H12.C5H12.C2H2/c1-12(2,3)5-4-8-6-9(13-7-14)10(17-8)11(15)16;1-7-5-3-2-4-6-7;1-3-5-4-2;1-2/h6-7H,1-3H3,(H,13,14)(H,15,16);1-6H2;3-5H2,1-2H3;1-2H. The number of nitrogens with one attached hydrogen (secondary N) is 1. The van der Waals surface area contributed by atoms with Gasteiger partial charge in [-0.15, -0.1) is 24.2 Å². The summed E-state index contributed by atoms with van der Waals surface area (Å²) in [5.41, 5.74) is 1.60. The average molecular weight is 446 g/mol. The molecule has 2 N–H and O–H groups in total. The third-order valence-corrected chi connectivity index (χ3v) is 5.01. The average Bonchev–Trinajstić information content (AvgIpc) is 3.13. The van der Waals surface area contributed by atoms with Gasteiger partial charge < -0.3 is 10.4 Å². The number of carboxylic acids is 1. The van der Waals surface area contributed by atoms with Crippen molar-refractivity contribution in [1.29, 1.82) is 0 Å². The predicted molar refractivity (Wildman–Crippen MR) is 135 cm³/mol. The number of carbonyl (C=O) groups is 2. The smallest absolute Gasteiger partial charge is 0.348 e. The Balaban J connectivity index is 0. The van der Waals surface area contributed by atoms with Gasteiger partial charge in [-0.05, 0) is 52.5 Å². The number of amides is 1. The molecule has 5 heteroatoms. The first-order valence-corrected chi connectivity index (χ1v) is 11.6. The Hall–Kier alpha value is -2.50. The molecule has 1 heterocycles. The van der Waals surface area contributed by atoms with Gasteiger partial charge in [0.05, 0.1) is 10.6 Å². The minimum absolute atomic E-state index is 0.0929. The summed E-state index contributed by atoms with van der Waals surface area (Å²) in [6, 6.07) is 1.57. The molecule has 0 saturated heterocycles. The second-order valence-corrected chi connectivity index (χ2v) is 9.14. The van der Waals surface area contributed by atoms with Crippen LogP contribution >= 0.6 is 11.3 Å². The third kappa shape index (κ3) is 16.9. The molecule has 0 aromatic carbocycles. The van der Waals surface area contributed by atoms with E-state index in [9.17, 15) is 9.59 Å². The lowest BCUT2D eigenvalue weighted by molar-refractivity contribution is -0.105. The van der Waals surface area contributed by atoms with Gasteiger partial charge in [-0.3, -0.25) is 4.79 Å². The van der Waals surface area contributed by atoms with Crippen LogP contribution in [0.4, 0.5) is 5.69 Å². The van der Waals surface area contributed by atoms with E-state index in [2.05, 4.69) is 50.4 Å². The fourth-order valence-electron chi connectivity index (χ4n) is 2.44. The van der Waals surface area contributed by atoms with E-state index < -0.39 is 5.97 Å². The van der Waals surface area contributed by atoms with Crippen molar-refractivity contribution in [2.45, 2.75) is 86.0 Å². The number of hydrogen-bond donors (Lipinski definition) is 2. The normalized spacial score (nSPS) is 12.2. The molecule has 1 aliphatic carbocycles. The van der Waals surface area contributed by atoms with E-state index in [1.54, 1.807) is 6.07 Å². The number of terminal acetylenes is 1. The molecule has 0 spiro atoms. The second-order valence-electron chi connectivity index (χ2n) is 8.09. The van der Waals surface area contributed by atoms with Crippen molar-refractivity contribution in [2.24, 2.45) is 5.41 Å². The maximum atomic E-state index is 10.9. The number of hydrogen-bond acceptors (Lipinski definition) is 3. The Morgan fingerprint density at radius 2 is 1.77 bits per heavy atom. The topological polar surface area (TPSA) is 66.4 Å². The molecule has 2 rings (SSSR count). The summed E-state index contributed by atoms with van der Waals surface area (Å²) in [5, 5.41) is 11.3. The lowest BCUT2D eigenvalue weighted by Crippen LogP contribution is -2.00. The van der Waals surface area contributed by atoms with E-state index in [0.29, 0.717) is 11.3 Å². The summed E-state index contributed by atoms with van der Waals surface area (Å²) in [7, 11) is 0. The number of anilines is 1. The summed E-state index contributed by atoms with van der Waals surface area (Å²) in [4.78, 5) is 22.0. The number of rotatable bonds is 5. The summed E-state index contributed by atoms with van der Waals surface area (Å²) in [6.45, 7) is 14.2. The molecule has 4 nitrogen and oxygen atoms in total. The molecule has 1 aliphatic rings. The molecule has 31 heavy (non-hydrogen) atoms. The van der Waals surface area contributed by atoms with E-state index in [1.807, 2.05) is 20.8 Å². The number of aromatic carboxylic acids is 1. The third-order valence-electron chi connectivity index (χ3n) is 3.97. The van der Waals surface area contributed by atoms with Gasteiger partial charge in [0, 0.05) is 5.41 Å². The highest BCUT2D eigenvalue weighted by Gasteiger charge is 2.14. The van der Waals surface area contributed by atoms with E-state index in [1.165, 1.54) is 56.9 Å².